The number of hydrogen-bond donors (Lipinski definition) is 1. The molecule has 1 unspecified atom stereocenters. The molecule has 3 aromatic rings. The molecule has 2 heteroatoms. The maximum Gasteiger partial charge on any atom is 0.134 e. The van der Waals surface area contributed by atoms with E-state index in [1.54, 1.807) is 0 Å². The highest BCUT2D eigenvalue weighted by atomic mass is 16.3. The van der Waals surface area contributed by atoms with E-state index in [4.69, 9.17) is 4.42 Å². The van der Waals surface area contributed by atoms with Crippen LogP contribution in [0.3, 0.4) is 0 Å². The van der Waals surface area contributed by atoms with Gasteiger partial charge in [0.1, 0.15) is 11.3 Å². The maximum atomic E-state index is 6.00. The van der Waals surface area contributed by atoms with Crippen molar-refractivity contribution in [2.45, 2.75) is 25.8 Å². The lowest BCUT2D eigenvalue weighted by Gasteiger charge is -2.13. The largest absolute Gasteiger partial charge is 0.459 e. The fraction of sp³-hybridized carbons (Fsp3) is 0.263. The molecule has 1 N–H and O–H groups in total. The molecule has 0 aliphatic heterocycles. The number of aryl methyl sites for hydroxylation is 2. The Labute approximate surface area is 125 Å². The summed E-state index contributed by atoms with van der Waals surface area (Å²) in [6, 6.07) is 19.3. The van der Waals surface area contributed by atoms with Gasteiger partial charge in [0.25, 0.3) is 0 Å². The highest BCUT2D eigenvalue weighted by molar-refractivity contribution is 5.78. The van der Waals surface area contributed by atoms with E-state index < -0.39 is 0 Å². The molecule has 1 heterocycles. The number of nitrogens with one attached hydrogen (secondary N) is 1. The molecule has 0 bridgehead atoms. The van der Waals surface area contributed by atoms with Gasteiger partial charge in [-0.3, -0.25) is 0 Å². The van der Waals surface area contributed by atoms with Crippen LogP contribution in [0.1, 0.15) is 29.3 Å². The van der Waals surface area contributed by atoms with E-state index in [1.165, 1.54) is 16.5 Å². The van der Waals surface area contributed by atoms with Gasteiger partial charge in [0.05, 0.1) is 6.04 Å². The van der Waals surface area contributed by atoms with Crippen molar-refractivity contribution in [2.24, 2.45) is 0 Å². The molecule has 0 saturated heterocycles. The Morgan fingerprint density at radius 3 is 2.62 bits per heavy atom. The molecule has 21 heavy (non-hydrogen) atoms. The summed E-state index contributed by atoms with van der Waals surface area (Å²) in [7, 11) is 1.99. The number of fused-ring (bicyclic) bond motifs is 1. The van der Waals surface area contributed by atoms with Crippen LogP contribution < -0.4 is 5.32 Å². The molecule has 0 aliphatic rings. The minimum atomic E-state index is 0.248. The van der Waals surface area contributed by atoms with Gasteiger partial charge in [0, 0.05) is 5.39 Å². The Hall–Kier alpha value is -2.06. The molecule has 0 radical (unpaired) electrons. The highest BCUT2D eigenvalue weighted by Crippen LogP contribution is 2.27. The topological polar surface area (TPSA) is 25.2 Å². The third kappa shape index (κ3) is 3.17. The summed E-state index contributed by atoms with van der Waals surface area (Å²) in [4.78, 5) is 0. The van der Waals surface area contributed by atoms with Crippen molar-refractivity contribution in [3.8, 4) is 0 Å². The maximum absolute atomic E-state index is 6.00. The summed E-state index contributed by atoms with van der Waals surface area (Å²) in [6.45, 7) is 2.11. The number of hydrogen-bond acceptors (Lipinski definition) is 2. The molecule has 0 fully saturated rings. The molecular weight excluding hydrogens is 258 g/mol. The number of benzene rings is 2. The summed E-state index contributed by atoms with van der Waals surface area (Å²) in [5, 5.41) is 4.56. The predicted octanol–water partition coefficient (Wildman–Crippen LogP) is 4.63. The second kappa shape index (κ2) is 6.15. The van der Waals surface area contributed by atoms with Gasteiger partial charge in [-0.2, -0.15) is 0 Å². The Bertz CT molecular complexity index is 715. The first kappa shape index (κ1) is 13.9. The minimum absolute atomic E-state index is 0.248. The normalized spacial score (nSPS) is 12.7. The van der Waals surface area contributed by atoms with Crippen LogP contribution in [0.15, 0.2) is 59.0 Å². The summed E-state index contributed by atoms with van der Waals surface area (Å²) < 4.78 is 6.00. The van der Waals surface area contributed by atoms with E-state index in [1.807, 2.05) is 7.05 Å². The molecule has 0 spiro atoms. The minimum Gasteiger partial charge on any atom is -0.459 e. The van der Waals surface area contributed by atoms with Gasteiger partial charge in [-0.05, 0) is 50.6 Å². The van der Waals surface area contributed by atoms with Gasteiger partial charge < -0.3 is 9.73 Å². The fourth-order valence-corrected chi connectivity index (χ4v) is 2.74. The molecule has 0 aliphatic carbocycles. The summed E-state index contributed by atoms with van der Waals surface area (Å²) in [6.07, 6.45) is 2.07. The second-order valence-electron chi connectivity index (χ2n) is 5.56. The quantitative estimate of drug-likeness (QED) is 0.736. The molecule has 3 rings (SSSR count). The van der Waals surface area contributed by atoms with Crippen LogP contribution in [0, 0.1) is 6.92 Å². The Kier molecular flexibility index (Phi) is 4.07. The van der Waals surface area contributed by atoms with Crippen LogP contribution in [-0.4, -0.2) is 7.05 Å². The fourth-order valence-electron chi connectivity index (χ4n) is 2.74. The van der Waals surface area contributed by atoms with E-state index >= 15 is 0 Å². The van der Waals surface area contributed by atoms with Crippen molar-refractivity contribution < 1.29 is 4.42 Å². The molecule has 1 atom stereocenters. The summed E-state index contributed by atoms with van der Waals surface area (Å²) >= 11 is 0. The van der Waals surface area contributed by atoms with Gasteiger partial charge >= 0.3 is 0 Å². The van der Waals surface area contributed by atoms with E-state index in [0.29, 0.717) is 0 Å². The van der Waals surface area contributed by atoms with Crippen molar-refractivity contribution in [1.82, 2.24) is 5.32 Å². The summed E-state index contributed by atoms with van der Waals surface area (Å²) in [5.74, 6) is 1.02. The molecule has 2 aromatic carbocycles. The van der Waals surface area contributed by atoms with Gasteiger partial charge in [-0.1, -0.05) is 42.0 Å². The first-order valence-corrected chi connectivity index (χ1v) is 7.47. The highest BCUT2D eigenvalue weighted by Gasteiger charge is 2.14. The van der Waals surface area contributed by atoms with E-state index in [0.717, 1.165) is 24.2 Å². The zero-order valence-electron chi connectivity index (χ0n) is 12.6. The van der Waals surface area contributed by atoms with Gasteiger partial charge in [-0.15, -0.1) is 0 Å². The SMILES string of the molecule is CNC(CCc1ccccc1)c1cc2cc(C)ccc2o1. The van der Waals surface area contributed by atoms with Crippen molar-refractivity contribution >= 4 is 11.0 Å². The smallest absolute Gasteiger partial charge is 0.134 e. The van der Waals surface area contributed by atoms with Crippen molar-refractivity contribution in [3.63, 3.8) is 0 Å². The Balaban J connectivity index is 1.78. The zero-order valence-corrected chi connectivity index (χ0v) is 12.6. The average molecular weight is 279 g/mol. The Morgan fingerprint density at radius 2 is 1.86 bits per heavy atom. The molecule has 0 saturated carbocycles. The lowest BCUT2D eigenvalue weighted by atomic mass is 10.0. The molecule has 1 aromatic heterocycles. The van der Waals surface area contributed by atoms with Gasteiger partial charge in [-0.25, -0.2) is 0 Å². The van der Waals surface area contributed by atoms with Crippen LogP contribution in [-0.2, 0) is 6.42 Å². The second-order valence-corrected chi connectivity index (χ2v) is 5.56. The van der Waals surface area contributed by atoms with E-state index in [9.17, 15) is 0 Å². The first-order chi connectivity index (χ1) is 10.3. The molecule has 2 nitrogen and oxygen atoms in total. The monoisotopic (exact) mass is 279 g/mol. The van der Waals surface area contributed by atoms with Crippen LogP contribution >= 0.6 is 0 Å². The van der Waals surface area contributed by atoms with E-state index in [-0.39, 0.29) is 6.04 Å². The van der Waals surface area contributed by atoms with Crippen LogP contribution in [0.4, 0.5) is 0 Å². The van der Waals surface area contributed by atoms with Crippen molar-refractivity contribution in [2.75, 3.05) is 7.05 Å². The van der Waals surface area contributed by atoms with Crippen LogP contribution in [0.25, 0.3) is 11.0 Å². The van der Waals surface area contributed by atoms with Gasteiger partial charge in [0.2, 0.25) is 0 Å². The Morgan fingerprint density at radius 1 is 1.05 bits per heavy atom. The standard InChI is InChI=1S/C19H21NO/c1-14-8-11-18-16(12-14)13-19(21-18)17(20-2)10-9-15-6-4-3-5-7-15/h3-8,11-13,17,20H,9-10H2,1-2H3. The van der Waals surface area contributed by atoms with Crippen LogP contribution in [0.2, 0.25) is 0 Å². The molecule has 108 valence electrons. The average Bonchev–Trinajstić information content (AvgIpc) is 2.92. The third-order valence-electron chi connectivity index (χ3n) is 3.95. The lowest BCUT2D eigenvalue weighted by molar-refractivity contribution is 0.433. The molecule has 0 amide bonds. The van der Waals surface area contributed by atoms with Crippen molar-refractivity contribution in [1.29, 1.82) is 0 Å². The summed E-state index contributed by atoms with van der Waals surface area (Å²) in [5.41, 5.74) is 3.60. The number of furan rings is 1. The van der Waals surface area contributed by atoms with Crippen LogP contribution in [0.5, 0.6) is 0 Å². The van der Waals surface area contributed by atoms with Gasteiger partial charge in [0.15, 0.2) is 0 Å². The zero-order chi connectivity index (χ0) is 14.7. The lowest BCUT2D eigenvalue weighted by Crippen LogP contribution is -2.16. The predicted molar refractivity (Wildman–Crippen MR) is 87.5 cm³/mol. The van der Waals surface area contributed by atoms with E-state index in [2.05, 4.69) is 66.8 Å². The third-order valence-corrected chi connectivity index (χ3v) is 3.95. The molecular formula is C19H21NO. The number of rotatable bonds is 5. The first-order valence-electron chi connectivity index (χ1n) is 7.47. The van der Waals surface area contributed by atoms with Crippen molar-refractivity contribution in [3.05, 3.63) is 71.5 Å².